The Morgan fingerprint density at radius 2 is 0.250 bits per heavy atom. The van der Waals surface area contributed by atoms with Gasteiger partial charge in [0.05, 0.1) is 0 Å². The third-order valence-electron chi connectivity index (χ3n) is 0. The number of halogens is 4. The van der Waals surface area contributed by atoms with Crippen LogP contribution in [0.3, 0.4) is 0 Å². The van der Waals surface area contributed by atoms with Gasteiger partial charge in [-0.1, -0.05) is 0 Å². The van der Waals surface area contributed by atoms with E-state index in [4.69, 9.17) is 0 Å². The normalized spacial score (nSPS) is 1.33. The largest absolute Gasteiger partial charge is 1.00 e. The highest BCUT2D eigenvalue weighted by Crippen LogP contribution is 0.868. The van der Waals surface area contributed by atoms with Gasteiger partial charge in [0.15, 0.2) is 0 Å². The predicted molar refractivity (Wildman–Crippen MR) is 45.0 cm³/mol. The van der Waals surface area contributed by atoms with Crippen LogP contribution in [0, 0.1) is 0 Å². The van der Waals surface area contributed by atoms with Gasteiger partial charge in [0.25, 0.3) is 0 Å². The topological polar surface area (TPSA) is 0 Å². The molecule has 4 heteroatoms. The molecule has 0 bridgehead atoms. The predicted octanol–water partition coefficient (Wildman–Crippen LogP) is -8.78. The average Bonchev–Trinajstić information content (AvgIpc) is 2.03. The molecule has 0 aromatic heterocycles. The maximum Gasteiger partial charge on any atom is -0.106 e. The molecule has 0 aromatic rings. The van der Waals surface area contributed by atoms with E-state index in [1.807, 2.05) is 0 Å². The summed E-state index contributed by atoms with van der Waals surface area (Å²) in [4.78, 5) is 0. The van der Waals surface area contributed by atoms with Crippen LogP contribution in [0.15, 0.2) is 52.6 Å². The van der Waals surface area contributed by atoms with Crippen molar-refractivity contribution in [2.45, 2.75) is 0 Å². The van der Waals surface area contributed by atoms with Crippen LogP contribution in [0.1, 0.15) is 0 Å². The lowest BCUT2D eigenvalue weighted by molar-refractivity contribution is -0.00100. The minimum absolute atomic E-state index is 0. The lowest BCUT2D eigenvalue weighted by Gasteiger charge is -1.00. The number of rotatable bonds is 0. The van der Waals surface area contributed by atoms with Crippen LogP contribution in [-0.4, -0.2) is 0 Å². The molecule has 0 aromatic carbocycles. The summed E-state index contributed by atoms with van der Waals surface area (Å²) in [6.07, 6.45) is 0. The Kier molecular flexibility index (Phi) is 4860. The molecule has 0 N–H and O–H groups in total. The maximum atomic E-state index is 3.00. The molecule has 0 fully saturated rings. The summed E-state index contributed by atoms with van der Waals surface area (Å²) in [6.45, 7) is 24.0. The van der Waals surface area contributed by atoms with Crippen molar-refractivity contribution in [1.82, 2.24) is 0 Å². The average molecular weight is 188 g/mol. The van der Waals surface area contributed by atoms with Gasteiger partial charge in [0.1, 0.15) is 0 Å². The molecule has 0 atom stereocenters. The molecule has 0 nitrogen and oxygen atoms in total. The highest BCUT2D eigenvalue weighted by atomic mass is 19.0. The van der Waals surface area contributed by atoms with Crippen LogP contribution in [0.25, 0.3) is 0 Å². The second-order valence-corrected chi connectivity index (χ2v) is 0. The molecule has 0 radical (unpaired) electrons. The summed E-state index contributed by atoms with van der Waals surface area (Å²) >= 11 is 0. The molecule has 0 heterocycles. The van der Waals surface area contributed by atoms with Crippen molar-refractivity contribution in [3.63, 3.8) is 0 Å². The van der Waals surface area contributed by atoms with E-state index in [1.54, 1.807) is 0 Å². The van der Waals surface area contributed by atoms with Crippen molar-refractivity contribution >= 4 is 0 Å². The third kappa shape index (κ3) is 294. The van der Waals surface area contributed by atoms with Gasteiger partial charge in [0.2, 0.25) is 0 Å². The molecule has 12 heavy (non-hydrogen) atoms. The first-order valence-electron chi connectivity index (χ1n) is 2.00. The van der Waals surface area contributed by atoms with E-state index in [2.05, 4.69) is 52.6 Å². The summed E-state index contributed by atoms with van der Waals surface area (Å²) in [7, 11) is 0. The van der Waals surface area contributed by atoms with Crippen LogP contribution in [-0.2, 0) is 0 Å². The molecular formula is C8H16F4-4. The zero-order chi connectivity index (χ0) is 8.00. The Bertz CT molecular complexity index is 19.0. The molecule has 0 saturated heterocycles. The lowest BCUT2D eigenvalue weighted by atomic mass is 11.3. The van der Waals surface area contributed by atoms with Crippen LogP contribution >= 0.6 is 0 Å². The highest BCUT2D eigenvalue weighted by molar-refractivity contribution is 4.23. The fourth-order valence-corrected chi connectivity index (χ4v) is 0. The lowest BCUT2D eigenvalue weighted by Crippen LogP contribution is -3.00. The zero-order valence-electron chi connectivity index (χ0n) is 7.17. The Balaban J connectivity index is -0.00000000267. The molecule has 0 amide bonds. The van der Waals surface area contributed by atoms with Crippen molar-refractivity contribution < 1.29 is 18.8 Å². The SMILES string of the molecule is C=C.C=C.C=C.C=C.[F-].[F-].[F-].[F-]. The summed E-state index contributed by atoms with van der Waals surface area (Å²) in [5.74, 6) is 0. The summed E-state index contributed by atoms with van der Waals surface area (Å²) in [6, 6.07) is 0. The molecule has 0 unspecified atom stereocenters. The summed E-state index contributed by atoms with van der Waals surface area (Å²) in [5, 5.41) is 0. The summed E-state index contributed by atoms with van der Waals surface area (Å²) < 4.78 is 0. The second kappa shape index (κ2) is 419. The van der Waals surface area contributed by atoms with E-state index in [9.17, 15) is 0 Å². The minimum Gasteiger partial charge on any atom is -1.00 e. The van der Waals surface area contributed by atoms with E-state index in [0.29, 0.717) is 0 Å². The molecule has 0 aliphatic heterocycles. The van der Waals surface area contributed by atoms with Crippen molar-refractivity contribution in [3.05, 3.63) is 52.6 Å². The van der Waals surface area contributed by atoms with Gasteiger partial charge in [-0.25, -0.2) is 0 Å². The van der Waals surface area contributed by atoms with Gasteiger partial charge >= 0.3 is 0 Å². The van der Waals surface area contributed by atoms with Crippen molar-refractivity contribution in [3.8, 4) is 0 Å². The Morgan fingerprint density at radius 3 is 0.250 bits per heavy atom. The van der Waals surface area contributed by atoms with Gasteiger partial charge < -0.3 is 18.8 Å². The second-order valence-electron chi connectivity index (χ2n) is 0. The van der Waals surface area contributed by atoms with Crippen LogP contribution in [0.2, 0.25) is 0 Å². The van der Waals surface area contributed by atoms with Gasteiger partial charge in [-0.05, 0) is 0 Å². The van der Waals surface area contributed by atoms with Gasteiger partial charge in [0, 0.05) is 0 Å². The Labute approximate surface area is 72.5 Å². The monoisotopic (exact) mass is 188 g/mol. The van der Waals surface area contributed by atoms with Crippen LogP contribution < -0.4 is 18.8 Å². The van der Waals surface area contributed by atoms with E-state index in [-0.39, 0.29) is 18.8 Å². The molecule has 0 aliphatic carbocycles. The number of hydrogen-bond donors (Lipinski definition) is 0. The fourth-order valence-electron chi connectivity index (χ4n) is 0. The quantitative estimate of drug-likeness (QED) is 0.262. The first-order chi connectivity index (χ1) is 4.00. The molecule has 0 aliphatic rings. The van der Waals surface area contributed by atoms with Crippen molar-refractivity contribution in [2.24, 2.45) is 0 Å². The minimum atomic E-state index is 0. The van der Waals surface area contributed by atoms with Crippen LogP contribution in [0.4, 0.5) is 0 Å². The van der Waals surface area contributed by atoms with E-state index in [1.165, 1.54) is 0 Å². The van der Waals surface area contributed by atoms with E-state index >= 15 is 0 Å². The molecule has 80 valence electrons. The maximum absolute atomic E-state index is 3.00. The first-order valence-corrected chi connectivity index (χ1v) is 2.00. The molecule has 0 spiro atoms. The molecule has 0 saturated carbocycles. The third-order valence-corrected chi connectivity index (χ3v) is 0. The Morgan fingerprint density at radius 1 is 0.250 bits per heavy atom. The Hall–Kier alpha value is -1.32. The van der Waals surface area contributed by atoms with E-state index < -0.39 is 0 Å². The zero-order valence-corrected chi connectivity index (χ0v) is 7.17. The van der Waals surface area contributed by atoms with Crippen molar-refractivity contribution in [2.75, 3.05) is 0 Å². The highest BCUT2D eigenvalue weighted by Gasteiger charge is 0.607. The summed E-state index contributed by atoms with van der Waals surface area (Å²) in [5.41, 5.74) is 0. The fraction of sp³-hybridized carbons (Fsp3) is 0. The van der Waals surface area contributed by atoms with Gasteiger partial charge in [-0.3, -0.25) is 0 Å². The van der Waals surface area contributed by atoms with Gasteiger partial charge in [-0.2, -0.15) is 0 Å². The standard InChI is InChI=1S/4C2H4.4FH/c4*1-2;;;;/h4*1-2H2;4*1H/p-4. The van der Waals surface area contributed by atoms with Crippen molar-refractivity contribution in [1.29, 1.82) is 0 Å². The first kappa shape index (κ1) is 139. The van der Waals surface area contributed by atoms with Gasteiger partial charge in [-0.15, -0.1) is 52.6 Å². The smallest absolute Gasteiger partial charge is 0.106 e. The number of hydrogen-bond acceptors (Lipinski definition) is 0. The molecule has 0 rings (SSSR count). The van der Waals surface area contributed by atoms with E-state index in [0.717, 1.165) is 0 Å². The molecular weight excluding hydrogens is 172 g/mol. The van der Waals surface area contributed by atoms with Crippen LogP contribution in [0.5, 0.6) is 0 Å².